The summed E-state index contributed by atoms with van der Waals surface area (Å²) in [6.07, 6.45) is 0. The van der Waals surface area contributed by atoms with Crippen LogP contribution in [0.1, 0.15) is 29.7 Å². The Morgan fingerprint density at radius 3 is 2.64 bits per heavy atom. The van der Waals surface area contributed by atoms with E-state index in [-0.39, 0.29) is 6.04 Å². The van der Waals surface area contributed by atoms with Gasteiger partial charge in [-0.15, -0.1) is 0 Å². The number of methoxy groups -OCH3 is 2. The van der Waals surface area contributed by atoms with Gasteiger partial charge in [0.25, 0.3) is 0 Å². The second-order valence-electron chi connectivity index (χ2n) is 5.02. The lowest BCUT2D eigenvalue weighted by molar-refractivity contribution is 0.391. The molecule has 0 spiro atoms. The zero-order valence-corrected chi connectivity index (χ0v) is 13.1. The summed E-state index contributed by atoms with van der Waals surface area (Å²) in [6, 6.07) is 15.6. The standard InChI is InChI=1S/C18H20N2O2/c1-13(17-10-16(21-2)7-8-18(17)22-3)20-12-15-6-4-5-14(9-15)11-19/h4-10,13,20H,12H2,1-3H3. The summed E-state index contributed by atoms with van der Waals surface area (Å²) in [7, 11) is 3.31. The average Bonchev–Trinajstić information content (AvgIpc) is 2.59. The number of hydrogen-bond donors (Lipinski definition) is 1. The molecular weight excluding hydrogens is 276 g/mol. The Hall–Kier alpha value is -2.51. The molecule has 0 aliphatic carbocycles. The molecule has 114 valence electrons. The van der Waals surface area contributed by atoms with Crippen LogP contribution < -0.4 is 14.8 Å². The van der Waals surface area contributed by atoms with Gasteiger partial charge in [-0.2, -0.15) is 5.26 Å². The second kappa shape index (κ2) is 7.48. The van der Waals surface area contributed by atoms with Crippen molar-refractivity contribution in [2.45, 2.75) is 19.5 Å². The first-order valence-corrected chi connectivity index (χ1v) is 7.12. The maximum absolute atomic E-state index is 8.94. The van der Waals surface area contributed by atoms with Crippen LogP contribution >= 0.6 is 0 Å². The fraction of sp³-hybridized carbons (Fsp3) is 0.278. The topological polar surface area (TPSA) is 54.3 Å². The number of rotatable bonds is 6. The third-order valence-corrected chi connectivity index (χ3v) is 3.57. The number of nitriles is 1. The smallest absolute Gasteiger partial charge is 0.123 e. The van der Waals surface area contributed by atoms with Gasteiger partial charge in [-0.25, -0.2) is 0 Å². The molecule has 0 saturated heterocycles. The summed E-state index contributed by atoms with van der Waals surface area (Å²) in [5.74, 6) is 1.63. The van der Waals surface area contributed by atoms with E-state index in [4.69, 9.17) is 14.7 Å². The van der Waals surface area contributed by atoms with Crippen molar-refractivity contribution in [2.75, 3.05) is 14.2 Å². The van der Waals surface area contributed by atoms with Gasteiger partial charge in [0.05, 0.1) is 25.9 Å². The van der Waals surface area contributed by atoms with Gasteiger partial charge in [-0.3, -0.25) is 0 Å². The number of hydrogen-bond acceptors (Lipinski definition) is 4. The number of nitrogens with zero attached hydrogens (tertiary/aromatic N) is 1. The predicted octanol–water partition coefficient (Wildman–Crippen LogP) is 3.43. The SMILES string of the molecule is COc1ccc(OC)c(C(C)NCc2cccc(C#N)c2)c1. The molecule has 0 aromatic heterocycles. The van der Waals surface area contributed by atoms with E-state index >= 15 is 0 Å². The Bertz CT molecular complexity index is 677. The van der Waals surface area contributed by atoms with Gasteiger partial charge in [-0.05, 0) is 42.8 Å². The lowest BCUT2D eigenvalue weighted by atomic mass is 10.1. The second-order valence-corrected chi connectivity index (χ2v) is 5.02. The van der Waals surface area contributed by atoms with E-state index in [9.17, 15) is 0 Å². The summed E-state index contributed by atoms with van der Waals surface area (Å²) in [5.41, 5.74) is 2.79. The summed E-state index contributed by atoms with van der Waals surface area (Å²) >= 11 is 0. The van der Waals surface area contributed by atoms with E-state index in [0.29, 0.717) is 12.1 Å². The van der Waals surface area contributed by atoms with Gasteiger partial charge < -0.3 is 14.8 Å². The minimum Gasteiger partial charge on any atom is -0.497 e. The monoisotopic (exact) mass is 296 g/mol. The molecule has 1 N–H and O–H groups in total. The summed E-state index contributed by atoms with van der Waals surface area (Å²) in [4.78, 5) is 0. The van der Waals surface area contributed by atoms with Crippen LogP contribution in [0.3, 0.4) is 0 Å². The average molecular weight is 296 g/mol. The van der Waals surface area contributed by atoms with E-state index in [1.807, 2.05) is 36.4 Å². The Kier molecular flexibility index (Phi) is 5.40. The first-order valence-electron chi connectivity index (χ1n) is 7.12. The first-order chi connectivity index (χ1) is 10.7. The molecule has 0 bridgehead atoms. The van der Waals surface area contributed by atoms with Crippen molar-refractivity contribution in [1.82, 2.24) is 5.32 Å². The molecule has 4 nitrogen and oxygen atoms in total. The number of ether oxygens (including phenoxy) is 2. The van der Waals surface area contributed by atoms with Crippen molar-refractivity contribution in [2.24, 2.45) is 0 Å². The third kappa shape index (κ3) is 3.78. The highest BCUT2D eigenvalue weighted by Crippen LogP contribution is 2.29. The summed E-state index contributed by atoms with van der Waals surface area (Å²) < 4.78 is 10.7. The molecule has 1 unspecified atom stereocenters. The van der Waals surface area contributed by atoms with Crippen LogP contribution in [-0.4, -0.2) is 14.2 Å². The molecule has 0 heterocycles. The first kappa shape index (κ1) is 15.9. The van der Waals surface area contributed by atoms with E-state index in [1.165, 1.54) is 0 Å². The summed E-state index contributed by atoms with van der Waals surface area (Å²) in [5, 5.41) is 12.4. The highest BCUT2D eigenvalue weighted by Gasteiger charge is 2.12. The van der Waals surface area contributed by atoms with Crippen LogP contribution in [0.15, 0.2) is 42.5 Å². The molecule has 4 heteroatoms. The van der Waals surface area contributed by atoms with Crippen molar-refractivity contribution in [1.29, 1.82) is 5.26 Å². The van der Waals surface area contributed by atoms with Crippen molar-refractivity contribution in [3.63, 3.8) is 0 Å². The van der Waals surface area contributed by atoms with Gasteiger partial charge in [0.15, 0.2) is 0 Å². The molecule has 0 saturated carbocycles. The van der Waals surface area contributed by atoms with Crippen molar-refractivity contribution >= 4 is 0 Å². The zero-order valence-electron chi connectivity index (χ0n) is 13.1. The molecule has 2 aromatic rings. The van der Waals surface area contributed by atoms with Crippen LogP contribution in [-0.2, 0) is 6.54 Å². The molecule has 2 rings (SSSR count). The molecule has 0 aliphatic rings. The fourth-order valence-electron chi connectivity index (χ4n) is 2.31. The molecule has 2 aromatic carbocycles. The molecule has 0 fully saturated rings. The van der Waals surface area contributed by atoms with Crippen LogP contribution in [0.4, 0.5) is 0 Å². The molecular formula is C18H20N2O2. The zero-order chi connectivity index (χ0) is 15.9. The van der Waals surface area contributed by atoms with Gasteiger partial charge in [0, 0.05) is 18.2 Å². The Balaban J connectivity index is 2.11. The van der Waals surface area contributed by atoms with Crippen LogP contribution in [0.5, 0.6) is 11.5 Å². The van der Waals surface area contributed by atoms with E-state index < -0.39 is 0 Å². The normalized spacial score (nSPS) is 11.5. The maximum Gasteiger partial charge on any atom is 0.123 e. The van der Waals surface area contributed by atoms with E-state index in [0.717, 1.165) is 22.6 Å². The predicted molar refractivity (Wildman–Crippen MR) is 86.0 cm³/mol. The molecule has 0 amide bonds. The molecule has 0 aliphatic heterocycles. The van der Waals surface area contributed by atoms with Crippen molar-refractivity contribution in [3.05, 3.63) is 59.2 Å². The Morgan fingerprint density at radius 2 is 1.95 bits per heavy atom. The molecule has 0 radical (unpaired) electrons. The molecule has 22 heavy (non-hydrogen) atoms. The largest absolute Gasteiger partial charge is 0.497 e. The van der Waals surface area contributed by atoms with Gasteiger partial charge in [-0.1, -0.05) is 12.1 Å². The van der Waals surface area contributed by atoms with Crippen LogP contribution in [0, 0.1) is 11.3 Å². The van der Waals surface area contributed by atoms with E-state index in [2.05, 4.69) is 18.3 Å². The minimum atomic E-state index is 0.0933. The summed E-state index contributed by atoms with van der Waals surface area (Å²) in [6.45, 7) is 2.75. The van der Waals surface area contributed by atoms with Crippen molar-refractivity contribution < 1.29 is 9.47 Å². The minimum absolute atomic E-state index is 0.0933. The Labute approximate surface area is 131 Å². The molecule has 1 atom stereocenters. The highest BCUT2D eigenvalue weighted by atomic mass is 16.5. The lowest BCUT2D eigenvalue weighted by Crippen LogP contribution is -2.18. The fourth-order valence-corrected chi connectivity index (χ4v) is 2.31. The number of nitrogens with one attached hydrogen (secondary N) is 1. The number of benzene rings is 2. The highest BCUT2D eigenvalue weighted by molar-refractivity contribution is 5.42. The lowest BCUT2D eigenvalue weighted by Gasteiger charge is -2.18. The quantitative estimate of drug-likeness (QED) is 0.887. The van der Waals surface area contributed by atoms with Crippen LogP contribution in [0.25, 0.3) is 0 Å². The van der Waals surface area contributed by atoms with Gasteiger partial charge in [0.2, 0.25) is 0 Å². The van der Waals surface area contributed by atoms with Crippen molar-refractivity contribution in [3.8, 4) is 17.6 Å². The third-order valence-electron chi connectivity index (χ3n) is 3.57. The van der Waals surface area contributed by atoms with Crippen LogP contribution in [0.2, 0.25) is 0 Å². The van der Waals surface area contributed by atoms with Gasteiger partial charge >= 0.3 is 0 Å². The van der Waals surface area contributed by atoms with Gasteiger partial charge in [0.1, 0.15) is 11.5 Å². The Morgan fingerprint density at radius 1 is 1.14 bits per heavy atom. The van der Waals surface area contributed by atoms with E-state index in [1.54, 1.807) is 20.3 Å². The maximum atomic E-state index is 8.94.